The number of sulfone groups is 3. The van der Waals surface area contributed by atoms with Crippen molar-refractivity contribution in [3.05, 3.63) is 399 Å². The molecule has 15 heterocycles. The molecule has 0 unspecified atom stereocenters. The van der Waals surface area contributed by atoms with E-state index in [0.717, 1.165) is 48.9 Å². The SMILES string of the molecule is C=CC[C@H](NC(=O)c1cncc2c1cnn2-c1ccc(F)cc1)c1ccnc(S(C)(=O)=O)c1.CC[C@@H](NC(=O)c1cncc2c1cnn2-c1ccc(F)cc1)c1ccsc1.CC[C@H](NC(=O)c1cncc2c1cnn2-c1ccc(F)cc1)c1ccsc1.COc1cc(CNC(=O)c2cncc3c2cnn3-c2ccc(F)cc2)cc(S(C)(=O)=O)n1.CS(=O)(=O)c1cc(CNC(=O)c2cncc3c2cnn3-c2ccc(F)cc2)cc[n+]1[O-]. The molecular formula is C104H88F5N23O13S5. The van der Waals surface area contributed by atoms with E-state index in [4.69, 9.17) is 4.74 Å². The molecule has 0 aliphatic carbocycles. The zero-order valence-corrected chi connectivity index (χ0v) is 84.2. The molecule has 46 heteroatoms. The first-order valence-electron chi connectivity index (χ1n) is 45.5. The number of carbonyl (C=O) groups excluding carboxylic acids is 5. The van der Waals surface area contributed by atoms with Gasteiger partial charge >= 0.3 is 5.03 Å². The standard InChI is InChI=1S/C23H20FN5O3S.C21H18FN5O4S.C20H16FN5O4S.2C20H17FN4OS/c1-3-4-20(15-9-10-26-22(11-15)33(2,31)32)28-23(30)19-12-25-14-21-18(19)13-27-29(21)17-7-5-16(24)6-8-17;1-31-19-7-13(8-20(26-19)32(2,29)30)9-24-21(28)17-10-23-12-18-16(17)11-25-27(18)15-5-3-14(22)4-6-15;1-31(29,30)19-8-13(6-7-25(19)28)9-23-20(27)17-10-22-12-18-16(17)11-24-26(18)15-4-2-14(21)3-5-15;2*1-2-18(13-7-8-27-12-13)24-20(26)17-9-22-11-19-16(17)10-23-25(19)15-5-3-14(21)4-6-15/h3,5-14,20H,1,4H2,2H3,(H,28,30);3-8,10-12H,9H2,1-2H3,(H,24,28);2-8,10-12H,9H2,1H3,(H,23,27);2*3-12,18H,2H2,1H3,(H,24,26)/t20-;;;2*18-/m0..10/s1. The van der Waals surface area contributed by atoms with Gasteiger partial charge < -0.3 is 36.5 Å². The van der Waals surface area contributed by atoms with Gasteiger partial charge in [0.2, 0.25) is 15.7 Å². The smallest absolute Gasteiger partial charge is 0.308 e. The number of ether oxygens (including phenoxy) is 1. The molecule has 20 aromatic rings. The van der Waals surface area contributed by atoms with E-state index in [0.29, 0.717) is 128 Å². The molecule has 0 radical (unpaired) electrons. The van der Waals surface area contributed by atoms with Gasteiger partial charge in [-0.2, -0.15) is 52.9 Å². The van der Waals surface area contributed by atoms with Crippen molar-refractivity contribution in [1.82, 2.24) is 110 Å². The van der Waals surface area contributed by atoms with Gasteiger partial charge in [-0.25, -0.2) is 80.6 Å². The summed E-state index contributed by atoms with van der Waals surface area (Å²) < 4.78 is 150. The molecule has 20 rings (SSSR count). The van der Waals surface area contributed by atoms with Gasteiger partial charge in [0.1, 0.15) is 29.1 Å². The Morgan fingerprint density at radius 1 is 0.400 bits per heavy atom. The number of thiophene rings is 2. The maximum atomic E-state index is 13.3. The number of carbonyl (C=O) groups is 5. The van der Waals surface area contributed by atoms with Crippen molar-refractivity contribution in [1.29, 1.82) is 0 Å². The summed E-state index contributed by atoms with van der Waals surface area (Å²) in [5.41, 5.74) is 11.9. The van der Waals surface area contributed by atoms with Crippen LogP contribution >= 0.6 is 22.7 Å². The van der Waals surface area contributed by atoms with Crippen LogP contribution in [0.1, 0.15) is 131 Å². The van der Waals surface area contributed by atoms with Crippen LogP contribution in [-0.2, 0) is 42.6 Å². The second kappa shape index (κ2) is 46.3. The molecule has 762 valence electrons. The van der Waals surface area contributed by atoms with Gasteiger partial charge in [0, 0.05) is 114 Å². The average Bonchev–Trinajstić information content (AvgIpc) is 1.64. The number of methoxy groups -OCH3 is 1. The summed E-state index contributed by atoms with van der Waals surface area (Å²) >= 11 is 3.21. The highest BCUT2D eigenvalue weighted by Gasteiger charge is 2.28. The van der Waals surface area contributed by atoms with E-state index >= 15 is 0 Å². The van der Waals surface area contributed by atoms with Crippen molar-refractivity contribution in [2.75, 3.05) is 25.9 Å². The van der Waals surface area contributed by atoms with Crippen LogP contribution in [0.15, 0.2) is 324 Å². The first-order chi connectivity index (χ1) is 72.1. The number of benzene rings is 5. The lowest BCUT2D eigenvalue weighted by atomic mass is 10.0. The second-order valence-electron chi connectivity index (χ2n) is 33.5. The van der Waals surface area contributed by atoms with Crippen molar-refractivity contribution < 1.29 is 80.6 Å². The van der Waals surface area contributed by atoms with Gasteiger partial charge in [-0.1, -0.05) is 19.9 Å². The summed E-state index contributed by atoms with van der Waals surface area (Å²) in [4.78, 5) is 93.2. The molecule has 0 bridgehead atoms. The van der Waals surface area contributed by atoms with Crippen LogP contribution in [0.2, 0.25) is 0 Å². The number of hydrogen-bond donors (Lipinski definition) is 5. The molecule has 36 nitrogen and oxygen atoms in total. The molecule has 15 aromatic heterocycles. The van der Waals surface area contributed by atoms with Crippen LogP contribution in [0, 0.1) is 34.3 Å². The number of pyridine rings is 8. The van der Waals surface area contributed by atoms with E-state index in [-0.39, 0.29) is 92.3 Å². The fraction of sp³-hybridized carbons (Fsp3) is 0.135. The first kappa shape index (κ1) is 105. The molecule has 5 amide bonds. The summed E-state index contributed by atoms with van der Waals surface area (Å²) in [6.45, 7) is 7.85. The Morgan fingerprint density at radius 2 is 0.727 bits per heavy atom. The van der Waals surface area contributed by atoms with Crippen molar-refractivity contribution in [2.24, 2.45) is 0 Å². The van der Waals surface area contributed by atoms with Crippen LogP contribution in [0.3, 0.4) is 0 Å². The van der Waals surface area contributed by atoms with E-state index in [1.54, 1.807) is 187 Å². The lowest BCUT2D eigenvalue weighted by Gasteiger charge is -2.18. The van der Waals surface area contributed by atoms with Crippen molar-refractivity contribution in [3.63, 3.8) is 0 Å². The molecule has 0 spiro atoms. The fourth-order valence-electron chi connectivity index (χ4n) is 15.7. The Labute approximate surface area is 860 Å². The monoisotopic (exact) mass is 2120 g/mol. The van der Waals surface area contributed by atoms with E-state index in [1.165, 1.54) is 129 Å². The van der Waals surface area contributed by atoms with E-state index in [2.05, 4.69) is 93.5 Å². The highest BCUT2D eigenvalue weighted by atomic mass is 32.2. The number of fused-ring (bicyclic) bond motifs is 5. The number of amides is 5. The average molecular weight is 2120 g/mol. The van der Waals surface area contributed by atoms with Gasteiger partial charge in [-0.05, 0) is 220 Å². The zero-order chi connectivity index (χ0) is 106. The Balaban J connectivity index is 0.000000134. The number of nitrogens with zero attached hydrogens (tertiary/aromatic N) is 18. The predicted molar refractivity (Wildman–Crippen MR) is 551 cm³/mol. The minimum Gasteiger partial charge on any atom is -0.618 e. The van der Waals surface area contributed by atoms with E-state index < -0.39 is 58.3 Å². The van der Waals surface area contributed by atoms with E-state index in [9.17, 15) is 76.4 Å². The van der Waals surface area contributed by atoms with Crippen LogP contribution in [0.5, 0.6) is 5.88 Å². The Bertz CT molecular complexity index is 8580. The zero-order valence-electron chi connectivity index (χ0n) is 80.1. The molecule has 0 aliphatic rings. The van der Waals surface area contributed by atoms with Gasteiger partial charge in [0.05, 0.1) is 171 Å². The van der Waals surface area contributed by atoms with Gasteiger partial charge in [0.25, 0.3) is 29.5 Å². The summed E-state index contributed by atoms with van der Waals surface area (Å²) in [6, 6.07) is 41.4. The topological polar surface area (TPSA) is 463 Å². The van der Waals surface area contributed by atoms with Crippen LogP contribution in [-0.4, -0.2) is 164 Å². The Morgan fingerprint density at radius 3 is 1.03 bits per heavy atom. The van der Waals surface area contributed by atoms with E-state index in [1.807, 2.05) is 47.5 Å². The maximum Gasteiger partial charge on any atom is 0.308 e. The van der Waals surface area contributed by atoms with Crippen LogP contribution in [0.4, 0.5) is 22.0 Å². The molecule has 0 aliphatic heterocycles. The highest BCUT2D eigenvalue weighted by Crippen LogP contribution is 2.32. The molecule has 3 atom stereocenters. The number of rotatable bonds is 28. The summed E-state index contributed by atoms with van der Waals surface area (Å²) in [6.07, 6.45) is 32.3. The predicted octanol–water partition coefficient (Wildman–Crippen LogP) is 16.2. The lowest BCUT2D eigenvalue weighted by Crippen LogP contribution is -2.34. The highest BCUT2D eigenvalue weighted by molar-refractivity contribution is 7.91. The molecule has 5 N–H and O–H groups in total. The van der Waals surface area contributed by atoms with Gasteiger partial charge in [-0.3, -0.25) is 48.9 Å². The lowest BCUT2D eigenvalue weighted by molar-refractivity contribution is -0.646. The Hall–Kier alpha value is -17.8. The third-order valence-corrected chi connectivity index (χ3v) is 27.7. The quantitative estimate of drug-likeness (QED) is 0.0132. The number of aromatic nitrogens is 18. The molecule has 0 saturated heterocycles. The largest absolute Gasteiger partial charge is 0.618 e. The molecule has 0 saturated carbocycles. The third-order valence-electron chi connectivity index (χ3n) is 23.3. The molecule has 5 aromatic carbocycles. The molecule has 150 heavy (non-hydrogen) atoms. The van der Waals surface area contributed by atoms with Crippen molar-refractivity contribution in [2.45, 2.75) is 79.4 Å². The number of hydrogen-bond acceptors (Lipinski definition) is 27. The summed E-state index contributed by atoms with van der Waals surface area (Å²) in [5.74, 6) is -3.25. The van der Waals surface area contributed by atoms with Crippen molar-refractivity contribution >= 4 is 136 Å². The van der Waals surface area contributed by atoms with Crippen LogP contribution < -0.4 is 36.1 Å². The number of nitrogens with one attached hydrogen (secondary N) is 5. The Kier molecular flexibility index (Phi) is 32.4. The molecule has 0 fully saturated rings. The van der Waals surface area contributed by atoms with Crippen LogP contribution in [0.25, 0.3) is 83.0 Å². The second-order valence-corrected chi connectivity index (χ2v) is 40.9. The summed E-state index contributed by atoms with van der Waals surface area (Å²) in [5, 5.41) is 58.3. The van der Waals surface area contributed by atoms with Gasteiger partial charge in [0.15, 0.2) is 35.9 Å². The van der Waals surface area contributed by atoms with Gasteiger partial charge in [-0.15, -0.1) is 6.58 Å². The van der Waals surface area contributed by atoms with Crippen molar-refractivity contribution in [3.8, 4) is 34.3 Å². The third kappa shape index (κ3) is 24.6. The minimum atomic E-state index is -3.71. The summed E-state index contributed by atoms with van der Waals surface area (Å²) in [7, 11) is -9.39. The first-order valence-corrected chi connectivity index (χ1v) is 53.0. The maximum absolute atomic E-state index is 13.3. The minimum absolute atomic E-state index is 0.00464. The normalized spacial score (nSPS) is 12.0. The number of halogens is 5. The molecular weight excluding hydrogens is 2030 g/mol. The fourth-order valence-corrected chi connectivity index (χ4v) is 19.1.